The Morgan fingerprint density at radius 3 is 2.17 bits per heavy atom. The van der Waals surface area contributed by atoms with E-state index in [2.05, 4.69) is 0 Å². The molecule has 5 atom stereocenters. The van der Waals surface area contributed by atoms with Gasteiger partial charge in [0.15, 0.2) is 17.9 Å². The van der Waals surface area contributed by atoms with Crippen LogP contribution in [0.1, 0.15) is 33.3 Å². The number of fused-ring (bicyclic) bond motifs is 3. The van der Waals surface area contributed by atoms with Crippen LogP contribution in [0.25, 0.3) is 0 Å². The molecule has 3 fully saturated rings. The molecule has 3 aliphatic heterocycles. The smallest absolute Gasteiger partial charge is 0.362 e. The highest BCUT2D eigenvalue weighted by atomic mass is 32.3. The van der Waals surface area contributed by atoms with Crippen LogP contribution in [-0.4, -0.2) is 57.3 Å². The van der Waals surface area contributed by atoms with Crippen molar-refractivity contribution in [3.8, 4) is 5.75 Å². The Balaban J connectivity index is 1.45. The Kier molecular flexibility index (Phi) is 5.18. The second-order valence-corrected chi connectivity index (χ2v) is 9.52. The number of benzene rings is 1. The second kappa shape index (κ2) is 7.16. The molecule has 162 valence electrons. The maximum absolute atomic E-state index is 12.2. The third kappa shape index (κ3) is 4.58. The van der Waals surface area contributed by atoms with Gasteiger partial charge in [-0.2, -0.15) is 8.42 Å². The van der Waals surface area contributed by atoms with E-state index in [9.17, 15) is 8.42 Å². The van der Waals surface area contributed by atoms with Crippen LogP contribution in [0.3, 0.4) is 0 Å². The minimum absolute atomic E-state index is 0.161. The van der Waals surface area contributed by atoms with Crippen molar-refractivity contribution in [1.29, 1.82) is 0 Å². The first-order chi connectivity index (χ1) is 13.4. The third-order valence-electron chi connectivity index (χ3n) is 4.85. The molecule has 2 unspecified atom stereocenters. The average Bonchev–Trinajstić information content (AvgIpc) is 3.09. The van der Waals surface area contributed by atoms with Crippen molar-refractivity contribution in [3.63, 3.8) is 0 Å². The van der Waals surface area contributed by atoms with Gasteiger partial charge in [-0.05, 0) is 46.8 Å². The number of hydrogen-bond acceptors (Lipinski definition) is 9. The molecular weight excluding hydrogens is 404 g/mol. The van der Waals surface area contributed by atoms with E-state index in [0.717, 1.165) is 5.56 Å². The molecular formula is C19H26O9S. The zero-order valence-electron chi connectivity index (χ0n) is 17.0. The minimum Gasteiger partial charge on any atom is -0.362 e. The maximum Gasteiger partial charge on any atom is 0.449 e. The van der Waals surface area contributed by atoms with Crippen molar-refractivity contribution in [1.82, 2.24) is 0 Å². The van der Waals surface area contributed by atoms with E-state index in [-0.39, 0.29) is 12.4 Å². The van der Waals surface area contributed by atoms with Crippen LogP contribution in [0.15, 0.2) is 24.3 Å². The first kappa shape index (κ1) is 21.0. The summed E-state index contributed by atoms with van der Waals surface area (Å²) in [5, 5.41) is 0. The molecule has 0 saturated carbocycles. The monoisotopic (exact) mass is 430 g/mol. The fourth-order valence-electron chi connectivity index (χ4n) is 3.71. The van der Waals surface area contributed by atoms with Crippen molar-refractivity contribution in [2.24, 2.45) is 0 Å². The third-order valence-corrected chi connectivity index (χ3v) is 5.67. The zero-order valence-corrected chi connectivity index (χ0v) is 17.8. The molecule has 0 aromatic heterocycles. The molecule has 29 heavy (non-hydrogen) atoms. The van der Waals surface area contributed by atoms with E-state index >= 15 is 0 Å². The van der Waals surface area contributed by atoms with Gasteiger partial charge < -0.3 is 27.9 Å². The summed E-state index contributed by atoms with van der Waals surface area (Å²) in [7, 11) is -4.30. The number of aryl methyl sites for hydroxylation is 1. The molecule has 0 aliphatic carbocycles. The Hall–Kier alpha value is -1.27. The topological polar surface area (TPSA) is 98.8 Å². The molecule has 4 rings (SSSR count). The lowest BCUT2D eigenvalue weighted by Gasteiger charge is -2.36. The highest BCUT2D eigenvalue weighted by Gasteiger charge is 2.60. The summed E-state index contributed by atoms with van der Waals surface area (Å²) < 4.78 is 64.1. The van der Waals surface area contributed by atoms with Crippen molar-refractivity contribution in [3.05, 3.63) is 29.8 Å². The SMILES string of the molecule is Cc1ccc(OS(=O)(=O)OCC2O[C@@H]3OC(C)(C)OC3[C@H]3OC(C)(C)O[C@@H]23)cc1. The first-order valence-corrected chi connectivity index (χ1v) is 10.8. The number of ether oxygens (including phenoxy) is 5. The molecule has 0 bridgehead atoms. The Labute approximate surface area is 170 Å². The van der Waals surface area contributed by atoms with Gasteiger partial charge in [-0.15, -0.1) is 0 Å². The second-order valence-electron chi connectivity index (χ2n) is 8.30. The molecule has 0 amide bonds. The maximum atomic E-state index is 12.2. The first-order valence-electron chi connectivity index (χ1n) is 9.45. The van der Waals surface area contributed by atoms with Crippen molar-refractivity contribution < 1.29 is 40.5 Å². The van der Waals surface area contributed by atoms with Crippen LogP contribution in [0.4, 0.5) is 0 Å². The van der Waals surface area contributed by atoms with E-state index in [1.165, 1.54) is 0 Å². The van der Waals surface area contributed by atoms with E-state index < -0.39 is 52.7 Å². The van der Waals surface area contributed by atoms with Gasteiger partial charge in [0, 0.05) is 0 Å². The van der Waals surface area contributed by atoms with Crippen LogP contribution in [0, 0.1) is 6.92 Å². The summed E-state index contributed by atoms with van der Waals surface area (Å²) >= 11 is 0. The molecule has 10 heteroatoms. The fraction of sp³-hybridized carbons (Fsp3) is 0.684. The Bertz CT molecular complexity index is 849. The molecule has 3 heterocycles. The van der Waals surface area contributed by atoms with Gasteiger partial charge in [0.05, 0.1) is 6.61 Å². The van der Waals surface area contributed by atoms with Gasteiger partial charge in [0.2, 0.25) is 0 Å². The summed E-state index contributed by atoms with van der Waals surface area (Å²) in [5.41, 5.74) is 0.981. The van der Waals surface area contributed by atoms with Crippen molar-refractivity contribution >= 4 is 10.4 Å². The molecule has 0 N–H and O–H groups in total. The predicted molar refractivity (Wildman–Crippen MR) is 99.2 cm³/mol. The number of hydrogen-bond donors (Lipinski definition) is 0. The van der Waals surface area contributed by atoms with E-state index in [0.29, 0.717) is 0 Å². The van der Waals surface area contributed by atoms with Crippen LogP contribution >= 0.6 is 0 Å². The fourth-order valence-corrected chi connectivity index (χ4v) is 4.41. The quantitative estimate of drug-likeness (QED) is 0.695. The van der Waals surface area contributed by atoms with Crippen molar-refractivity contribution in [2.75, 3.05) is 6.61 Å². The molecule has 1 aromatic carbocycles. The normalized spacial score (nSPS) is 35.1. The van der Waals surface area contributed by atoms with Crippen LogP contribution in [0.5, 0.6) is 5.75 Å². The molecule has 3 saturated heterocycles. The zero-order chi connectivity index (χ0) is 21.0. The summed E-state index contributed by atoms with van der Waals surface area (Å²) in [5.74, 6) is -1.57. The van der Waals surface area contributed by atoms with Crippen LogP contribution in [-0.2, 0) is 38.3 Å². The van der Waals surface area contributed by atoms with Gasteiger partial charge >= 0.3 is 10.4 Å². The Morgan fingerprint density at radius 1 is 0.897 bits per heavy atom. The van der Waals surface area contributed by atoms with Gasteiger partial charge in [-0.25, -0.2) is 4.18 Å². The highest BCUT2D eigenvalue weighted by molar-refractivity contribution is 7.82. The van der Waals surface area contributed by atoms with Crippen LogP contribution < -0.4 is 4.18 Å². The summed E-state index contributed by atoms with van der Waals surface area (Å²) in [6.07, 6.45) is -3.04. The Morgan fingerprint density at radius 2 is 1.48 bits per heavy atom. The van der Waals surface area contributed by atoms with Gasteiger partial charge in [-0.1, -0.05) is 17.7 Å². The number of rotatable bonds is 5. The van der Waals surface area contributed by atoms with Gasteiger partial charge in [0.1, 0.15) is 30.2 Å². The average molecular weight is 430 g/mol. The highest BCUT2D eigenvalue weighted by Crippen LogP contribution is 2.44. The summed E-state index contributed by atoms with van der Waals surface area (Å²) in [4.78, 5) is 0. The van der Waals surface area contributed by atoms with Gasteiger partial charge in [0.25, 0.3) is 0 Å². The lowest BCUT2D eigenvalue weighted by molar-refractivity contribution is -0.238. The molecule has 9 nitrogen and oxygen atoms in total. The summed E-state index contributed by atoms with van der Waals surface area (Å²) in [6, 6.07) is 6.59. The van der Waals surface area contributed by atoms with E-state index in [1.54, 1.807) is 52.0 Å². The molecule has 0 radical (unpaired) electrons. The predicted octanol–water partition coefficient (Wildman–Crippen LogP) is 2.03. The van der Waals surface area contributed by atoms with E-state index in [4.69, 9.17) is 32.1 Å². The molecule has 0 spiro atoms. The van der Waals surface area contributed by atoms with Crippen LogP contribution in [0.2, 0.25) is 0 Å². The summed E-state index contributed by atoms with van der Waals surface area (Å²) in [6.45, 7) is 8.67. The molecule has 3 aliphatic rings. The van der Waals surface area contributed by atoms with E-state index in [1.807, 2.05) is 6.92 Å². The minimum atomic E-state index is -4.30. The largest absolute Gasteiger partial charge is 0.449 e. The van der Waals surface area contributed by atoms with Gasteiger partial charge in [-0.3, -0.25) is 0 Å². The lowest BCUT2D eigenvalue weighted by atomic mass is 9.99. The van der Waals surface area contributed by atoms with Crippen molar-refractivity contribution in [2.45, 2.75) is 76.9 Å². The standard InChI is InChI=1S/C19H26O9S/c1-11-6-8-12(9-7-11)28-29(20,21)22-10-13-14-15(25-18(2,3)24-14)16-17(23-13)27-19(4,5)26-16/h6-9,13-17H,10H2,1-5H3/t13?,14-,15-,16?,17+/m0/s1. The molecule has 1 aromatic rings. The lowest BCUT2D eigenvalue weighted by Crippen LogP contribution is -2.56.